The van der Waals surface area contributed by atoms with Crippen molar-refractivity contribution in [3.05, 3.63) is 16.3 Å². The zero-order chi connectivity index (χ0) is 12.8. The van der Waals surface area contributed by atoms with Gasteiger partial charge in [-0.2, -0.15) is 0 Å². The molecule has 0 fully saturated rings. The van der Waals surface area contributed by atoms with Crippen LogP contribution in [0.3, 0.4) is 0 Å². The molecule has 0 saturated heterocycles. The summed E-state index contributed by atoms with van der Waals surface area (Å²) in [7, 11) is 1.41. The van der Waals surface area contributed by atoms with Crippen molar-refractivity contribution in [2.45, 2.75) is 4.90 Å². The first-order valence-corrected chi connectivity index (χ1v) is 6.35. The Morgan fingerprint density at radius 1 is 1.47 bits per heavy atom. The highest BCUT2D eigenvalue weighted by Crippen LogP contribution is 2.24. The Bertz CT molecular complexity index is 444. The number of thiophene rings is 1. The first-order valence-electron chi connectivity index (χ1n) is 4.49. The Balaban J connectivity index is 2.42. The van der Waals surface area contributed by atoms with Gasteiger partial charge in [-0.3, -0.25) is 10.1 Å². The van der Waals surface area contributed by atoms with Gasteiger partial charge >= 0.3 is 12.0 Å². The third kappa shape index (κ3) is 4.45. The Morgan fingerprint density at radius 3 is 2.71 bits per heavy atom. The molecular weight excluding hydrogens is 264 g/mol. The first kappa shape index (κ1) is 13.5. The average Bonchev–Trinajstić information content (AvgIpc) is 2.75. The Morgan fingerprint density at radius 2 is 2.18 bits per heavy atom. The Labute approximate surface area is 105 Å². The largest absolute Gasteiger partial charge is 0.477 e. The SMILES string of the molecule is CNC(=O)NC(=O)CSc1csc(C(=O)O)c1. The normalized spacial score (nSPS) is 9.71. The van der Waals surface area contributed by atoms with Crippen molar-refractivity contribution in [3.8, 4) is 0 Å². The highest BCUT2D eigenvalue weighted by Gasteiger charge is 2.10. The van der Waals surface area contributed by atoms with Crippen LogP contribution in [0.15, 0.2) is 16.3 Å². The van der Waals surface area contributed by atoms with Gasteiger partial charge in [0, 0.05) is 17.3 Å². The summed E-state index contributed by atoms with van der Waals surface area (Å²) in [5.74, 6) is -1.36. The zero-order valence-electron chi connectivity index (χ0n) is 8.85. The molecule has 92 valence electrons. The molecule has 0 unspecified atom stereocenters. The second-order valence-corrected chi connectivity index (χ2v) is 4.83. The van der Waals surface area contributed by atoms with Crippen LogP contribution in [0, 0.1) is 0 Å². The summed E-state index contributed by atoms with van der Waals surface area (Å²) in [6, 6.07) is 0.928. The molecule has 0 radical (unpaired) electrons. The van der Waals surface area contributed by atoms with E-state index in [9.17, 15) is 14.4 Å². The first-order chi connectivity index (χ1) is 8.02. The quantitative estimate of drug-likeness (QED) is 0.712. The van der Waals surface area contributed by atoms with E-state index in [0.717, 1.165) is 11.3 Å². The lowest BCUT2D eigenvalue weighted by Gasteiger charge is -2.01. The number of amides is 3. The van der Waals surface area contributed by atoms with E-state index >= 15 is 0 Å². The van der Waals surface area contributed by atoms with Gasteiger partial charge in [-0.1, -0.05) is 0 Å². The summed E-state index contributed by atoms with van der Waals surface area (Å²) in [6.45, 7) is 0. The summed E-state index contributed by atoms with van der Waals surface area (Å²) in [5.41, 5.74) is 0. The van der Waals surface area contributed by atoms with Crippen molar-refractivity contribution in [1.82, 2.24) is 10.6 Å². The molecule has 0 saturated carbocycles. The second kappa shape index (κ2) is 6.26. The van der Waals surface area contributed by atoms with Crippen molar-refractivity contribution < 1.29 is 19.5 Å². The fourth-order valence-electron chi connectivity index (χ4n) is 0.881. The van der Waals surface area contributed by atoms with Crippen LogP contribution in [0.2, 0.25) is 0 Å². The fourth-order valence-corrected chi connectivity index (χ4v) is 2.55. The number of aromatic carboxylic acids is 1. The zero-order valence-corrected chi connectivity index (χ0v) is 10.5. The van der Waals surface area contributed by atoms with Crippen LogP contribution in [0.1, 0.15) is 9.67 Å². The summed E-state index contributed by atoms with van der Waals surface area (Å²) < 4.78 is 0. The van der Waals surface area contributed by atoms with E-state index in [0.29, 0.717) is 4.90 Å². The number of imide groups is 1. The Kier molecular flexibility index (Phi) is 4.98. The molecular formula is C9H10N2O4S2. The van der Waals surface area contributed by atoms with Crippen LogP contribution < -0.4 is 10.6 Å². The summed E-state index contributed by atoms with van der Waals surface area (Å²) >= 11 is 2.27. The van der Waals surface area contributed by atoms with Gasteiger partial charge in [0.2, 0.25) is 5.91 Å². The maximum Gasteiger partial charge on any atom is 0.345 e. The maximum atomic E-state index is 11.2. The number of carbonyl (C=O) groups excluding carboxylic acids is 2. The minimum atomic E-state index is -0.989. The van der Waals surface area contributed by atoms with E-state index in [-0.39, 0.29) is 10.6 Å². The van der Waals surface area contributed by atoms with Gasteiger partial charge in [0.05, 0.1) is 5.75 Å². The number of carboxylic acid groups (broad SMARTS) is 1. The van der Waals surface area contributed by atoms with Gasteiger partial charge in [-0.05, 0) is 6.07 Å². The topological polar surface area (TPSA) is 95.5 Å². The van der Waals surface area contributed by atoms with Crippen molar-refractivity contribution in [2.75, 3.05) is 12.8 Å². The predicted octanol–water partition coefficient (Wildman–Crippen LogP) is 0.994. The number of hydrogen-bond donors (Lipinski definition) is 3. The van der Waals surface area contributed by atoms with Crippen LogP contribution in [0.25, 0.3) is 0 Å². The van der Waals surface area contributed by atoms with Crippen LogP contribution >= 0.6 is 23.1 Å². The molecule has 0 bridgehead atoms. The van der Waals surface area contributed by atoms with E-state index in [1.165, 1.54) is 24.9 Å². The molecule has 1 aromatic heterocycles. The number of nitrogens with one attached hydrogen (secondary N) is 2. The number of rotatable bonds is 4. The number of urea groups is 1. The Hall–Kier alpha value is -1.54. The molecule has 0 spiro atoms. The highest BCUT2D eigenvalue weighted by atomic mass is 32.2. The predicted molar refractivity (Wildman–Crippen MR) is 64.6 cm³/mol. The number of thioether (sulfide) groups is 1. The van der Waals surface area contributed by atoms with E-state index in [4.69, 9.17) is 5.11 Å². The molecule has 6 nitrogen and oxygen atoms in total. The monoisotopic (exact) mass is 274 g/mol. The smallest absolute Gasteiger partial charge is 0.345 e. The van der Waals surface area contributed by atoms with Gasteiger partial charge in [-0.25, -0.2) is 9.59 Å². The van der Waals surface area contributed by atoms with E-state index in [2.05, 4.69) is 10.6 Å². The average molecular weight is 274 g/mol. The van der Waals surface area contributed by atoms with E-state index in [1.54, 1.807) is 5.38 Å². The van der Waals surface area contributed by atoms with Crippen molar-refractivity contribution in [2.24, 2.45) is 0 Å². The van der Waals surface area contributed by atoms with Crippen LogP contribution in [-0.4, -0.2) is 35.8 Å². The van der Waals surface area contributed by atoms with Crippen molar-refractivity contribution >= 4 is 41.0 Å². The van der Waals surface area contributed by atoms with Gasteiger partial charge in [0.25, 0.3) is 0 Å². The van der Waals surface area contributed by atoms with Gasteiger partial charge in [-0.15, -0.1) is 23.1 Å². The van der Waals surface area contributed by atoms with Gasteiger partial charge < -0.3 is 10.4 Å². The van der Waals surface area contributed by atoms with Gasteiger partial charge in [0.15, 0.2) is 0 Å². The number of carbonyl (C=O) groups is 3. The van der Waals surface area contributed by atoms with Crippen LogP contribution in [0.4, 0.5) is 4.79 Å². The van der Waals surface area contributed by atoms with E-state index in [1.807, 2.05) is 0 Å². The summed E-state index contributed by atoms with van der Waals surface area (Å²) in [5, 5.41) is 14.7. The molecule has 0 aliphatic carbocycles. The highest BCUT2D eigenvalue weighted by molar-refractivity contribution is 8.00. The molecule has 0 aliphatic rings. The third-order valence-corrected chi connectivity index (χ3v) is 3.68. The minimum Gasteiger partial charge on any atom is -0.477 e. The lowest BCUT2D eigenvalue weighted by Crippen LogP contribution is -2.38. The van der Waals surface area contributed by atoms with Gasteiger partial charge in [0.1, 0.15) is 4.88 Å². The fraction of sp³-hybridized carbons (Fsp3) is 0.222. The van der Waals surface area contributed by atoms with E-state index < -0.39 is 17.9 Å². The van der Waals surface area contributed by atoms with Crippen LogP contribution in [0.5, 0.6) is 0 Å². The number of carboxylic acids is 1. The molecule has 1 heterocycles. The lowest BCUT2D eigenvalue weighted by molar-refractivity contribution is -0.117. The third-order valence-electron chi connectivity index (χ3n) is 1.64. The molecule has 1 aromatic rings. The molecule has 17 heavy (non-hydrogen) atoms. The molecule has 1 rings (SSSR count). The minimum absolute atomic E-state index is 0.0587. The van der Waals surface area contributed by atoms with Crippen molar-refractivity contribution in [1.29, 1.82) is 0 Å². The van der Waals surface area contributed by atoms with Crippen LogP contribution in [-0.2, 0) is 4.79 Å². The number of hydrogen-bond acceptors (Lipinski definition) is 5. The summed E-state index contributed by atoms with van der Waals surface area (Å²) in [4.78, 5) is 33.5. The molecule has 0 aliphatic heterocycles. The molecule has 8 heteroatoms. The summed E-state index contributed by atoms with van der Waals surface area (Å²) in [6.07, 6.45) is 0. The molecule has 0 atom stereocenters. The molecule has 0 aromatic carbocycles. The van der Waals surface area contributed by atoms with Crippen molar-refractivity contribution in [3.63, 3.8) is 0 Å². The molecule has 3 amide bonds. The molecule has 3 N–H and O–H groups in total. The lowest BCUT2D eigenvalue weighted by atomic mass is 10.5. The standard InChI is InChI=1S/C9H10N2O4S2/c1-10-9(15)11-7(12)4-16-5-2-6(8(13)14)17-3-5/h2-3H,4H2,1H3,(H,13,14)(H2,10,11,12,15). The maximum absolute atomic E-state index is 11.2. The second-order valence-electron chi connectivity index (χ2n) is 2.87.